The fourth-order valence-electron chi connectivity index (χ4n) is 1.69. The van der Waals surface area contributed by atoms with Crippen molar-refractivity contribution in [3.8, 4) is 0 Å². The number of likely N-dealkylation sites (N-methyl/N-ethyl adjacent to an activating group) is 1. The van der Waals surface area contributed by atoms with Gasteiger partial charge in [0, 0.05) is 13.2 Å². The summed E-state index contributed by atoms with van der Waals surface area (Å²) in [5.74, 6) is -0.198. The molecule has 0 saturated carbocycles. The summed E-state index contributed by atoms with van der Waals surface area (Å²) in [6.45, 7) is 4.08. The summed E-state index contributed by atoms with van der Waals surface area (Å²) < 4.78 is 18.2. The SMILES string of the molecule is CNC(Cc1ccc(F)cc1)C(C)(C)OC. The summed E-state index contributed by atoms with van der Waals surface area (Å²) >= 11 is 0. The number of nitrogens with one attached hydrogen (secondary N) is 1. The van der Waals surface area contributed by atoms with E-state index >= 15 is 0 Å². The second-order valence-corrected chi connectivity index (χ2v) is 4.48. The molecule has 3 heteroatoms. The lowest BCUT2D eigenvalue weighted by Crippen LogP contribution is -2.48. The summed E-state index contributed by atoms with van der Waals surface area (Å²) in [6, 6.07) is 6.79. The van der Waals surface area contributed by atoms with Gasteiger partial charge in [-0.05, 0) is 45.0 Å². The molecule has 1 unspecified atom stereocenters. The van der Waals surface area contributed by atoms with Gasteiger partial charge in [0.15, 0.2) is 0 Å². The van der Waals surface area contributed by atoms with Gasteiger partial charge in [0.05, 0.1) is 5.60 Å². The molecule has 90 valence electrons. The number of hydrogen-bond acceptors (Lipinski definition) is 2. The third-order valence-corrected chi connectivity index (χ3v) is 3.07. The van der Waals surface area contributed by atoms with Crippen LogP contribution in [0, 0.1) is 5.82 Å². The zero-order valence-corrected chi connectivity index (χ0v) is 10.4. The molecule has 16 heavy (non-hydrogen) atoms. The van der Waals surface area contributed by atoms with Gasteiger partial charge in [0.1, 0.15) is 5.82 Å². The van der Waals surface area contributed by atoms with Crippen LogP contribution in [-0.2, 0) is 11.2 Å². The molecule has 2 nitrogen and oxygen atoms in total. The standard InChI is InChI=1S/C13H20FNO/c1-13(2,16-4)12(15-3)9-10-5-7-11(14)8-6-10/h5-8,12,15H,9H2,1-4H3. The topological polar surface area (TPSA) is 21.3 Å². The predicted octanol–water partition coefficient (Wildman–Crippen LogP) is 2.38. The number of benzene rings is 1. The van der Waals surface area contributed by atoms with Gasteiger partial charge in [-0.15, -0.1) is 0 Å². The number of ether oxygens (including phenoxy) is 1. The van der Waals surface area contributed by atoms with Crippen LogP contribution in [0.4, 0.5) is 4.39 Å². The van der Waals surface area contributed by atoms with Gasteiger partial charge < -0.3 is 10.1 Å². The smallest absolute Gasteiger partial charge is 0.123 e. The van der Waals surface area contributed by atoms with Gasteiger partial charge in [-0.25, -0.2) is 4.39 Å². The Balaban J connectivity index is 2.74. The average Bonchev–Trinajstić information content (AvgIpc) is 2.28. The molecular formula is C13H20FNO. The van der Waals surface area contributed by atoms with E-state index in [0.717, 1.165) is 12.0 Å². The quantitative estimate of drug-likeness (QED) is 0.830. The second kappa shape index (κ2) is 5.41. The third-order valence-electron chi connectivity index (χ3n) is 3.07. The van der Waals surface area contributed by atoms with Crippen LogP contribution in [0.25, 0.3) is 0 Å². The lowest BCUT2D eigenvalue weighted by Gasteiger charge is -2.33. The molecule has 0 fully saturated rings. The number of rotatable bonds is 5. The fourth-order valence-corrected chi connectivity index (χ4v) is 1.69. The second-order valence-electron chi connectivity index (χ2n) is 4.48. The monoisotopic (exact) mass is 225 g/mol. The van der Waals surface area contributed by atoms with E-state index < -0.39 is 0 Å². The zero-order chi connectivity index (χ0) is 12.2. The largest absolute Gasteiger partial charge is 0.377 e. The molecule has 0 aliphatic heterocycles. The molecule has 0 radical (unpaired) electrons. The highest BCUT2D eigenvalue weighted by molar-refractivity contribution is 5.18. The minimum Gasteiger partial charge on any atom is -0.377 e. The van der Waals surface area contributed by atoms with Crippen LogP contribution in [-0.4, -0.2) is 25.8 Å². The minimum atomic E-state index is -0.247. The normalized spacial score (nSPS) is 13.8. The minimum absolute atomic E-state index is 0.197. The Morgan fingerprint density at radius 3 is 2.31 bits per heavy atom. The first-order valence-electron chi connectivity index (χ1n) is 5.46. The predicted molar refractivity (Wildman–Crippen MR) is 64.0 cm³/mol. The molecule has 1 rings (SSSR count). The molecule has 0 heterocycles. The van der Waals surface area contributed by atoms with Crippen molar-refractivity contribution in [2.24, 2.45) is 0 Å². The molecule has 0 aliphatic carbocycles. The van der Waals surface area contributed by atoms with Crippen molar-refractivity contribution in [3.63, 3.8) is 0 Å². The fraction of sp³-hybridized carbons (Fsp3) is 0.538. The van der Waals surface area contributed by atoms with Gasteiger partial charge in [-0.3, -0.25) is 0 Å². The lowest BCUT2D eigenvalue weighted by atomic mass is 9.92. The van der Waals surface area contributed by atoms with E-state index in [1.165, 1.54) is 12.1 Å². The van der Waals surface area contributed by atoms with E-state index in [0.29, 0.717) is 0 Å². The Morgan fingerprint density at radius 1 is 1.31 bits per heavy atom. The third kappa shape index (κ3) is 3.29. The summed E-state index contributed by atoms with van der Waals surface area (Å²) in [4.78, 5) is 0. The molecule has 0 bridgehead atoms. The van der Waals surface area contributed by atoms with Gasteiger partial charge in [0.2, 0.25) is 0 Å². The van der Waals surface area contributed by atoms with Crippen LogP contribution in [0.15, 0.2) is 24.3 Å². The molecule has 1 aromatic rings. The summed E-state index contributed by atoms with van der Waals surface area (Å²) in [5.41, 5.74) is 0.856. The Labute approximate surface area is 96.8 Å². The number of methoxy groups -OCH3 is 1. The molecule has 1 atom stereocenters. The van der Waals surface area contributed by atoms with Crippen LogP contribution >= 0.6 is 0 Å². The first kappa shape index (κ1) is 13.1. The van der Waals surface area contributed by atoms with Crippen molar-refractivity contribution in [2.45, 2.75) is 31.9 Å². The maximum atomic E-state index is 12.8. The number of halogens is 1. The van der Waals surface area contributed by atoms with Gasteiger partial charge in [-0.1, -0.05) is 12.1 Å². The van der Waals surface area contributed by atoms with E-state index in [9.17, 15) is 4.39 Å². The van der Waals surface area contributed by atoms with Crippen LogP contribution < -0.4 is 5.32 Å². The first-order chi connectivity index (χ1) is 7.49. The van der Waals surface area contributed by atoms with E-state index in [1.807, 2.05) is 33.0 Å². The van der Waals surface area contributed by atoms with Gasteiger partial charge in [-0.2, -0.15) is 0 Å². The molecule has 1 aromatic carbocycles. The zero-order valence-electron chi connectivity index (χ0n) is 10.4. The molecule has 0 aromatic heterocycles. The highest BCUT2D eigenvalue weighted by atomic mass is 19.1. The van der Waals surface area contributed by atoms with Crippen molar-refractivity contribution in [3.05, 3.63) is 35.6 Å². The van der Waals surface area contributed by atoms with E-state index in [-0.39, 0.29) is 17.5 Å². The van der Waals surface area contributed by atoms with Crippen LogP contribution in [0.1, 0.15) is 19.4 Å². The Morgan fingerprint density at radius 2 is 1.88 bits per heavy atom. The van der Waals surface area contributed by atoms with E-state index in [2.05, 4.69) is 5.32 Å². The van der Waals surface area contributed by atoms with E-state index in [4.69, 9.17) is 4.74 Å². The summed E-state index contributed by atoms with van der Waals surface area (Å²) in [5, 5.41) is 3.24. The van der Waals surface area contributed by atoms with Gasteiger partial charge >= 0.3 is 0 Å². The Bertz CT molecular complexity index is 321. The van der Waals surface area contributed by atoms with Crippen LogP contribution in [0.5, 0.6) is 0 Å². The van der Waals surface area contributed by atoms with Crippen molar-refractivity contribution in [2.75, 3.05) is 14.2 Å². The number of hydrogen-bond donors (Lipinski definition) is 1. The summed E-state index contributed by atoms with van der Waals surface area (Å²) in [6.07, 6.45) is 0.817. The molecule has 0 amide bonds. The summed E-state index contributed by atoms with van der Waals surface area (Å²) in [7, 11) is 3.62. The van der Waals surface area contributed by atoms with Crippen LogP contribution in [0.2, 0.25) is 0 Å². The maximum absolute atomic E-state index is 12.8. The Kier molecular flexibility index (Phi) is 4.44. The highest BCUT2D eigenvalue weighted by Gasteiger charge is 2.27. The average molecular weight is 225 g/mol. The molecule has 0 spiro atoms. The van der Waals surface area contributed by atoms with Gasteiger partial charge in [0.25, 0.3) is 0 Å². The van der Waals surface area contributed by atoms with Crippen LogP contribution in [0.3, 0.4) is 0 Å². The van der Waals surface area contributed by atoms with Crippen molar-refractivity contribution in [1.29, 1.82) is 0 Å². The first-order valence-corrected chi connectivity index (χ1v) is 5.46. The van der Waals surface area contributed by atoms with Crippen molar-refractivity contribution < 1.29 is 9.13 Å². The Hall–Kier alpha value is -0.930. The molecular weight excluding hydrogens is 205 g/mol. The highest BCUT2D eigenvalue weighted by Crippen LogP contribution is 2.18. The van der Waals surface area contributed by atoms with E-state index in [1.54, 1.807) is 7.11 Å². The van der Waals surface area contributed by atoms with Crippen molar-refractivity contribution in [1.82, 2.24) is 5.32 Å². The molecule has 1 N–H and O–H groups in total. The maximum Gasteiger partial charge on any atom is 0.123 e. The molecule has 0 aliphatic rings. The lowest BCUT2D eigenvalue weighted by molar-refractivity contribution is -0.00797. The molecule has 0 saturated heterocycles. The van der Waals surface area contributed by atoms with Crippen molar-refractivity contribution >= 4 is 0 Å².